The van der Waals surface area contributed by atoms with Crippen molar-refractivity contribution in [3.05, 3.63) is 70.2 Å². The number of carbonyl (C=O) groups excluding carboxylic acids is 1. The lowest BCUT2D eigenvalue weighted by molar-refractivity contribution is -0.146. The number of rotatable bonds is 5. The number of para-hydroxylation sites is 1. The minimum atomic E-state index is -1.11. The molecular formula is C19H17NO4. The summed E-state index contributed by atoms with van der Waals surface area (Å²) in [6.45, 7) is 2.04. The van der Waals surface area contributed by atoms with Crippen LogP contribution in [0.2, 0.25) is 0 Å². The predicted molar refractivity (Wildman–Crippen MR) is 88.2 cm³/mol. The number of benzene rings is 2. The van der Waals surface area contributed by atoms with Gasteiger partial charge >= 0.3 is 11.9 Å². The Morgan fingerprint density at radius 1 is 1.12 bits per heavy atom. The molecule has 0 bridgehead atoms. The molecule has 2 aromatic rings. The molecule has 1 aliphatic rings. The molecule has 5 nitrogen and oxygen atoms in total. The largest absolute Gasteiger partial charge is 0.478 e. The molecule has 0 spiro atoms. The van der Waals surface area contributed by atoms with Gasteiger partial charge in [-0.1, -0.05) is 30.3 Å². The summed E-state index contributed by atoms with van der Waals surface area (Å²) in [5.74, 6) is -1.38. The minimum Gasteiger partial charge on any atom is -0.478 e. The highest BCUT2D eigenvalue weighted by Crippen LogP contribution is 2.24. The van der Waals surface area contributed by atoms with E-state index >= 15 is 0 Å². The molecule has 1 N–H and O–H groups in total. The second-order valence-corrected chi connectivity index (χ2v) is 5.64. The van der Waals surface area contributed by atoms with Crippen LogP contribution < -0.4 is 10.6 Å². The molecule has 3 rings (SSSR count). The lowest BCUT2D eigenvalue weighted by Gasteiger charge is -2.22. The van der Waals surface area contributed by atoms with Crippen molar-refractivity contribution in [2.24, 2.45) is 4.99 Å². The number of esters is 1. The van der Waals surface area contributed by atoms with Crippen LogP contribution in [0.3, 0.4) is 0 Å². The van der Waals surface area contributed by atoms with Crippen LogP contribution in [0.5, 0.6) is 0 Å². The highest BCUT2D eigenvalue weighted by molar-refractivity contribution is 5.90. The topological polar surface area (TPSA) is 76.0 Å². The summed E-state index contributed by atoms with van der Waals surface area (Å²) < 4.78 is 5.24. The molecule has 0 aliphatic carbocycles. The van der Waals surface area contributed by atoms with E-state index < -0.39 is 17.5 Å². The van der Waals surface area contributed by atoms with Crippen LogP contribution in [0.15, 0.2) is 53.5 Å². The van der Waals surface area contributed by atoms with E-state index in [1.54, 1.807) is 19.1 Å². The van der Waals surface area contributed by atoms with Crippen LogP contribution in [0, 0.1) is 0 Å². The van der Waals surface area contributed by atoms with E-state index in [2.05, 4.69) is 4.99 Å². The normalized spacial score (nSPS) is 18.2. The maximum atomic E-state index is 12.6. The molecule has 1 atom stereocenters. The molecular weight excluding hydrogens is 306 g/mol. The van der Waals surface area contributed by atoms with Gasteiger partial charge in [-0.3, -0.25) is 4.99 Å². The van der Waals surface area contributed by atoms with Crippen molar-refractivity contribution in [2.75, 3.05) is 6.61 Å². The van der Waals surface area contributed by atoms with Crippen molar-refractivity contribution in [3.63, 3.8) is 0 Å². The maximum absolute atomic E-state index is 12.6. The van der Waals surface area contributed by atoms with Crippen LogP contribution in [0.1, 0.15) is 22.8 Å². The van der Waals surface area contributed by atoms with Crippen LogP contribution >= 0.6 is 0 Å². The Morgan fingerprint density at radius 3 is 2.46 bits per heavy atom. The van der Waals surface area contributed by atoms with Crippen LogP contribution in [0.4, 0.5) is 0 Å². The zero-order chi connectivity index (χ0) is 17.2. The number of fused-ring (bicyclic) bond motifs is 1. The van der Waals surface area contributed by atoms with Gasteiger partial charge in [-0.2, -0.15) is 0 Å². The van der Waals surface area contributed by atoms with Crippen molar-refractivity contribution in [2.45, 2.75) is 18.9 Å². The number of hydrogen-bond acceptors (Lipinski definition) is 4. The standard InChI is InChI=1S/C19H17NO4/c1-2-24-18(23)19(12-15-5-3-4-6-16(15)20-19)11-13-7-9-14(10-8-13)17(21)22/h3-10,12H,2,11H2,1H3,(H,21,22). The van der Waals surface area contributed by atoms with Gasteiger partial charge in [0, 0.05) is 6.42 Å². The van der Waals surface area contributed by atoms with E-state index in [0.717, 1.165) is 16.1 Å². The summed E-state index contributed by atoms with van der Waals surface area (Å²) in [6.07, 6.45) is 2.14. The van der Waals surface area contributed by atoms with Crippen LogP contribution in [-0.2, 0) is 16.0 Å². The number of carbonyl (C=O) groups is 2. The lowest BCUT2D eigenvalue weighted by atomic mass is 9.91. The zero-order valence-electron chi connectivity index (χ0n) is 13.2. The van der Waals surface area contributed by atoms with Gasteiger partial charge in [-0.05, 0) is 42.0 Å². The smallest absolute Gasteiger partial charge is 0.338 e. The molecule has 2 aromatic carbocycles. The molecule has 122 valence electrons. The number of carboxylic acids is 1. The van der Waals surface area contributed by atoms with Gasteiger partial charge in [0.2, 0.25) is 0 Å². The third-order valence-corrected chi connectivity index (χ3v) is 3.95. The Labute approximate surface area is 138 Å². The third kappa shape index (κ3) is 2.93. The van der Waals surface area contributed by atoms with E-state index in [-0.39, 0.29) is 12.2 Å². The summed E-state index contributed by atoms with van der Waals surface area (Å²) in [5, 5.41) is 10.6. The van der Waals surface area contributed by atoms with Gasteiger partial charge in [0.1, 0.15) is 0 Å². The molecule has 0 amide bonds. The fourth-order valence-electron chi connectivity index (χ4n) is 2.82. The van der Waals surface area contributed by atoms with Gasteiger partial charge in [-0.15, -0.1) is 0 Å². The predicted octanol–water partition coefficient (Wildman–Crippen LogP) is 1.34. The van der Waals surface area contributed by atoms with E-state index in [0.29, 0.717) is 6.42 Å². The number of carboxylic acid groups (broad SMARTS) is 1. The van der Waals surface area contributed by atoms with E-state index in [4.69, 9.17) is 9.84 Å². The van der Waals surface area contributed by atoms with Crippen LogP contribution in [0.25, 0.3) is 6.08 Å². The highest BCUT2D eigenvalue weighted by atomic mass is 16.5. The Bertz CT molecular complexity index is 865. The summed E-state index contributed by atoms with van der Waals surface area (Å²) in [5.41, 5.74) is -0.0785. The van der Waals surface area contributed by atoms with Crippen molar-refractivity contribution in [1.82, 2.24) is 0 Å². The summed E-state index contributed by atoms with van der Waals surface area (Å²) in [4.78, 5) is 28.1. The summed E-state index contributed by atoms with van der Waals surface area (Å²) >= 11 is 0. The molecule has 0 fully saturated rings. The molecule has 5 heteroatoms. The first-order valence-electron chi connectivity index (χ1n) is 7.71. The summed E-state index contributed by atoms with van der Waals surface area (Å²) in [7, 11) is 0. The Balaban J connectivity index is 2.00. The van der Waals surface area contributed by atoms with E-state index in [1.165, 1.54) is 12.1 Å². The molecule has 1 heterocycles. The number of aromatic carboxylic acids is 1. The molecule has 24 heavy (non-hydrogen) atoms. The number of hydrogen-bond donors (Lipinski definition) is 1. The number of ether oxygens (including phenoxy) is 1. The first kappa shape index (κ1) is 15.9. The Morgan fingerprint density at radius 2 is 1.83 bits per heavy atom. The van der Waals surface area contributed by atoms with Gasteiger partial charge in [0.25, 0.3) is 0 Å². The highest BCUT2D eigenvalue weighted by Gasteiger charge is 2.39. The zero-order valence-corrected chi connectivity index (χ0v) is 13.2. The van der Waals surface area contributed by atoms with Crippen molar-refractivity contribution in [1.29, 1.82) is 0 Å². The molecule has 0 radical (unpaired) electrons. The fraction of sp³-hybridized carbons (Fsp3) is 0.211. The molecule has 0 saturated heterocycles. The maximum Gasteiger partial charge on any atom is 0.338 e. The first-order valence-corrected chi connectivity index (χ1v) is 7.71. The second kappa shape index (κ2) is 6.28. The first-order chi connectivity index (χ1) is 11.5. The van der Waals surface area contributed by atoms with Gasteiger partial charge in [0.05, 0.1) is 17.5 Å². The van der Waals surface area contributed by atoms with Gasteiger partial charge in [-0.25, -0.2) is 9.59 Å². The minimum absolute atomic E-state index is 0.208. The lowest BCUT2D eigenvalue weighted by Crippen LogP contribution is -2.38. The molecule has 1 aliphatic heterocycles. The Kier molecular flexibility index (Phi) is 4.16. The van der Waals surface area contributed by atoms with Crippen molar-refractivity contribution < 1.29 is 19.4 Å². The quantitative estimate of drug-likeness (QED) is 0.843. The van der Waals surface area contributed by atoms with E-state index in [9.17, 15) is 9.59 Å². The Hall–Kier alpha value is -2.95. The van der Waals surface area contributed by atoms with Gasteiger partial charge < -0.3 is 9.84 Å². The average molecular weight is 323 g/mol. The SMILES string of the molecule is CCOC(=O)C1(Cc2ccc(C(=O)O)cc2)C=c2ccccc2=N1. The average Bonchev–Trinajstić information content (AvgIpc) is 2.95. The fourth-order valence-corrected chi connectivity index (χ4v) is 2.82. The van der Waals surface area contributed by atoms with Crippen molar-refractivity contribution in [3.8, 4) is 0 Å². The van der Waals surface area contributed by atoms with Crippen LogP contribution in [-0.4, -0.2) is 29.2 Å². The van der Waals surface area contributed by atoms with E-state index in [1.807, 2.05) is 30.3 Å². The second-order valence-electron chi connectivity index (χ2n) is 5.64. The molecule has 1 unspecified atom stereocenters. The molecule has 0 saturated carbocycles. The summed E-state index contributed by atoms with van der Waals surface area (Å²) in [6, 6.07) is 14.0. The monoisotopic (exact) mass is 323 g/mol. The molecule has 0 aromatic heterocycles. The number of nitrogens with zero attached hydrogens (tertiary/aromatic N) is 1. The third-order valence-electron chi connectivity index (χ3n) is 3.95. The van der Waals surface area contributed by atoms with Gasteiger partial charge in [0.15, 0.2) is 5.54 Å². The van der Waals surface area contributed by atoms with Crippen molar-refractivity contribution >= 4 is 18.0 Å².